The van der Waals surface area contributed by atoms with Crippen LogP contribution in [0.5, 0.6) is 0 Å². The van der Waals surface area contributed by atoms with Gasteiger partial charge >= 0.3 is 0 Å². The Kier molecular flexibility index (Phi) is 3.58. The zero-order valence-corrected chi connectivity index (χ0v) is 11.1. The van der Waals surface area contributed by atoms with Gasteiger partial charge in [-0.3, -0.25) is 4.98 Å². The number of aromatic nitrogens is 3. The molecule has 0 fully saturated rings. The van der Waals surface area contributed by atoms with E-state index in [4.69, 9.17) is 9.78 Å². The molecule has 21 heavy (non-hydrogen) atoms. The van der Waals surface area contributed by atoms with Crippen molar-refractivity contribution in [2.75, 3.05) is 0 Å². The first-order chi connectivity index (χ1) is 10.3. The molecule has 0 aliphatic heterocycles. The van der Waals surface area contributed by atoms with E-state index in [9.17, 15) is 5.11 Å². The molecule has 1 aromatic carbocycles. The van der Waals surface area contributed by atoms with Gasteiger partial charge in [0.25, 0.3) is 0 Å². The Balaban J connectivity index is 1.86. The Hall–Kier alpha value is -2.78. The van der Waals surface area contributed by atoms with Crippen LogP contribution in [-0.4, -0.2) is 26.3 Å². The number of nitrogens with zero attached hydrogens (tertiary/aromatic N) is 4. The van der Waals surface area contributed by atoms with E-state index >= 15 is 0 Å². The maximum atomic E-state index is 9.57. The number of rotatable bonds is 4. The minimum atomic E-state index is -0.788. The van der Waals surface area contributed by atoms with Gasteiger partial charge in [-0.05, 0) is 24.3 Å². The topological polar surface area (TPSA) is 95.8 Å². The predicted molar refractivity (Wildman–Crippen MR) is 75.0 cm³/mol. The molecule has 2 aromatic heterocycles. The second-order valence-electron chi connectivity index (χ2n) is 4.64. The van der Waals surface area contributed by atoms with E-state index in [1.165, 1.54) is 0 Å². The molecule has 0 spiro atoms. The molecule has 104 valence electrons. The predicted octanol–water partition coefficient (Wildman–Crippen LogP) is 2.10. The molecule has 0 aliphatic rings. The highest BCUT2D eigenvalue weighted by Gasteiger charge is 2.13. The SMILES string of the molecule is N#CCC(O)Cc1nc(-c2ccc3ncccc3c2)no1. The molecular weight excluding hydrogens is 268 g/mol. The molecule has 6 nitrogen and oxygen atoms in total. The lowest BCUT2D eigenvalue weighted by atomic mass is 10.1. The van der Waals surface area contributed by atoms with Crippen LogP contribution < -0.4 is 0 Å². The van der Waals surface area contributed by atoms with E-state index in [0.29, 0.717) is 11.7 Å². The maximum absolute atomic E-state index is 9.57. The van der Waals surface area contributed by atoms with E-state index in [-0.39, 0.29) is 12.8 Å². The minimum Gasteiger partial charge on any atom is -0.392 e. The second kappa shape index (κ2) is 5.69. The van der Waals surface area contributed by atoms with Gasteiger partial charge in [-0.1, -0.05) is 11.2 Å². The van der Waals surface area contributed by atoms with E-state index < -0.39 is 6.10 Å². The smallest absolute Gasteiger partial charge is 0.229 e. The lowest BCUT2D eigenvalue weighted by molar-refractivity contribution is 0.167. The maximum Gasteiger partial charge on any atom is 0.229 e. The summed E-state index contributed by atoms with van der Waals surface area (Å²) in [6.45, 7) is 0. The first-order valence-electron chi connectivity index (χ1n) is 6.49. The molecule has 1 atom stereocenters. The van der Waals surface area contributed by atoms with Crippen molar-refractivity contribution in [3.8, 4) is 17.5 Å². The molecule has 3 rings (SSSR count). The van der Waals surface area contributed by atoms with Crippen molar-refractivity contribution in [1.82, 2.24) is 15.1 Å². The first-order valence-corrected chi connectivity index (χ1v) is 6.49. The van der Waals surface area contributed by atoms with Crippen LogP contribution in [-0.2, 0) is 6.42 Å². The zero-order chi connectivity index (χ0) is 14.7. The summed E-state index contributed by atoms with van der Waals surface area (Å²) < 4.78 is 5.10. The van der Waals surface area contributed by atoms with E-state index in [1.807, 2.05) is 36.4 Å². The van der Waals surface area contributed by atoms with Crippen molar-refractivity contribution in [2.45, 2.75) is 18.9 Å². The Labute approximate surface area is 120 Å². The Morgan fingerprint density at radius 2 is 2.24 bits per heavy atom. The molecule has 0 saturated heterocycles. The van der Waals surface area contributed by atoms with E-state index in [1.54, 1.807) is 6.20 Å². The monoisotopic (exact) mass is 280 g/mol. The van der Waals surface area contributed by atoms with Gasteiger partial charge in [-0.25, -0.2) is 0 Å². The first kappa shape index (κ1) is 13.2. The lowest BCUT2D eigenvalue weighted by Gasteiger charge is -2.00. The molecule has 0 amide bonds. The minimum absolute atomic E-state index is 0.0410. The highest BCUT2D eigenvalue weighted by atomic mass is 16.5. The molecular formula is C15H12N4O2. The quantitative estimate of drug-likeness (QED) is 0.786. The van der Waals surface area contributed by atoms with Gasteiger partial charge in [0.15, 0.2) is 0 Å². The van der Waals surface area contributed by atoms with Crippen LogP contribution in [0.15, 0.2) is 41.1 Å². The van der Waals surface area contributed by atoms with Gasteiger partial charge in [0.2, 0.25) is 11.7 Å². The molecule has 1 unspecified atom stereocenters. The van der Waals surface area contributed by atoms with Crippen LogP contribution in [0.4, 0.5) is 0 Å². The summed E-state index contributed by atoms with van der Waals surface area (Å²) >= 11 is 0. The third-order valence-electron chi connectivity index (χ3n) is 3.07. The Morgan fingerprint density at radius 3 is 3.10 bits per heavy atom. The van der Waals surface area contributed by atoms with Crippen LogP contribution >= 0.6 is 0 Å². The number of nitriles is 1. The number of hydrogen-bond acceptors (Lipinski definition) is 6. The zero-order valence-electron chi connectivity index (χ0n) is 11.1. The van der Waals surface area contributed by atoms with Crippen LogP contribution in [0.25, 0.3) is 22.3 Å². The lowest BCUT2D eigenvalue weighted by Crippen LogP contribution is -2.09. The molecule has 0 radical (unpaired) electrons. The fourth-order valence-electron chi connectivity index (χ4n) is 2.05. The van der Waals surface area contributed by atoms with Crippen molar-refractivity contribution < 1.29 is 9.63 Å². The summed E-state index contributed by atoms with van der Waals surface area (Å²) in [5, 5.41) is 23.0. The highest BCUT2D eigenvalue weighted by Crippen LogP contribution is 2.21. The van der Waals surface area contributed by atoms with Crippen molar-refractivity contribution in [2.24, 2.45) is 0 Å². The van der Waals surface area contributed by atoms with Gasteiger partial charge in [0.05, 0.1) is 30.5 Å². The number of aliphatic hydroxyl groups excluding tert-OH is 1. The molecule has 0 bridgehead atoms. The molecule has 6 heteroatoms. The van der Waals surface area contributed by atoms with Crippen LogP contribution in [0, 0.1) is 11.3 Å². The van der Waals surface area contributed by atoms with Gasteiger partial charge in [0.1, 0.15) is 0 Å². The average Bonchev–Trinajstić information content (AvgIpc) is 2.95. The molecule has 2 heterocycles. The fraction of sp³-hybridized carbons (Fsp3) is 0.200. The van der Waals surface area contributed by atoms with E-state index in [2.05, 4.69) is 15.1 Å². The third-order valence-corrected chi connectivity index (χ3v) is 3.07. The average molecular weight is 280 g/mol. The van der Waals surface area contributed by atoms with Gasteiger partial charge < -0.3 is 9.63 Å². The van der Waals surface area contributed by atoms with Crippen LogP contribution in [0.1, 0.15) is 12.3 Å². The van der Waals surface area contributed by atoms with Crippen molar-refractivity contribution in [3.05, 3.63) is 42.4 Å². The summed E-state index contributed by atoms with van der Waals surface area (Å²) in [7, 11) is 0. The standard InChI is InChI=1S/C15H12N4O2/c16-6-5-12(20)9-14-18-15(19-21-14)11-3-4-13-10(8-11)2-1-7-17-13/h1-4,7-8,12,20H,5,9H2. The van der Waals surface area contributed by atoms with Crippen LogP contribution in [0.2, 0.25) is 0 Å². The molecule has 1 N–H and O–H groups in total. The summed E-state index contributed by atoms with van der Waals surface area (Å²) in [5.74, 6) is 0.777. The molecule has 3 aromatic rings. The fourth-order valence-corrected chi connectivity index (χ4v) is 2.05. The Bertz CT molecular complexity index is 807. The van der Waals surface area contributed by atoms with Crippen molar-refractivity contribution in [1.29, 1.82) is 5.26 Å². The van der Waals surface area contributed by atoms with E-state index in [0.717, 1.165) is 16.5 Å². The van der Waals surface area contributed by atoms with Crippen molar-refractivity contribution >= 4 is 10.9 Å². The van der Waals surface area contributed by atoms with Gasteiger partial charge in [-0.2, -0.15) is 10.2 Å². The van der Waals surface area contributed by atoms with Gasteiger partial charge in [0, 0.05) is 17.1 Å². The summed E-state index contributed by atoms with van der Waals surface area (Å²) in [5.41, 5.74) is 1.72. The molecule has 0 aliphatic carbocycles. The van der Waals surface area contributed by atoms with Gasteiger partial charge in [-0.15, -0.1) is 0 Å². The number of aliphatic hydroxyl groups is 1. The second-order valence-corrected chi connectivity index (χ2v) is 4.64. The Morgan fingerprint density at radius 1 is 1.33 bits per heavy atom. The number of fused-ring (bicyclic) bond motifs is 1. The number of benzene rings is 1. The number of hydrogen-bond donors (Lipinski definition) is 1. The molecule has 0 saturated carbocycles. The highest BCUT2D eigenvalue weighted by molar-refractivity contribution is 5.82. The summed E-state index contributed by atoms with van der Waals surface area (Å²) in [6, 6.07) is 11.4. The summed E-state index contributed by atoms with van der Waals surface area (Å²) in [4.78, 5) is 8.50. The number of pyridine rings is 1. The normalized spacial score (nSPS) is 12.2. The third kappa shape index (κ3) is 2.88. The van der Waals surface area contributed by atoms with Crippen molar-refractivity contribution in [3.63, 3.8) is 0 Å². The van der Waals surface area contributed by atoms with Crippen LogP contribution in [0.3, 0.4) is 0 Å². The largest absolute Gasteiger partial charge is 0.392 e. The summed E-state index contributed by atoms with van der Waals surface area (Å²) in [6.07, 6.45) is 1.17.